The van der Waals surface area contributed by atoms with Crippen LogP contribution in [0.1, 0.15) is 32.8 Å². The summed E-state index contributed by atoms with van der Waals surface area (Å²) in [5.41, 5.74) is 7.39. The lowest BCUT2D eigenvalue weighted by Gasteiger charge is -2.28. The molecule has 0 saturated heterocycles. The molecule has 0 spiro atoms. The van der Waals surface area contributed by atoms with E-state index in [1.54, 1.807) is 6.07 Å². The molecule has 0 fully saturated rings. The Labute approximate surface area is 122 Å². The van der Waals surface area contributed by atoms with Crippen molar-refractivity contribution in [3.05, 3.63) is 29.8 Å². The van der Waals surface area contributed by atoms with E-state index in [0.29, 0.717) is 31.9 Å². The SMILES string of the molecule is CCCN(Cc1ccccc1N)S(=O)(=O)N(CC)CC. The predicted octanol–water partition coefficient (Wildman–Crippen LogP) is 2.07. The van der Waals surface area contributed by atoms with Crippen LogP contribution in [0, 0.1) is 0 Å². The summed E-state index contributed by atoms with van der Waals surface area (Å²) < 4.78 is 28.2. The van der Waals surface area contributed by atoms with E-state index in [-0.39, 0.29) is 0 Å². The van der Waals surface area contributed by atoms with Crippen LogP contribution in [0.25, 0.3) is 0 Å². The summed E-state index contributed by atoms with van der Waals surface area (Å²) >= 11 is 0. The van der Waals surface area contributed by atoms with Gasteiger partial charge in [-0.05, 0) is 18.1 Å². The van der Waals surface area contributed by atoms with Crippen molar-refractivity contribution in [3.63, 3.8) is 0 Å². The zero-order chi connectivity index (χ0) is 15.2. The monoisotopic (exact) mass is 299 g/mol. The minimum Gasteiger partial charge on any atom is -0.398 e. The van der Waals surface area contributed by atoms with E-state index in [9.17, 15) is 8.42 Å². The lowest BCUT2D eigenvalue weighted by Crippen LogP contribution is -2.43. The van der Waals surface area contributed by atoms with Crippen molar-refractivity contribution >= 4 is 15.9 Å². The Kier molecular flexibility index (Phi) is 6.45. The average Bonchev–Trinajstić information content (AvgIpc) is 2.41. The molecule has 1 aromatic carbocycles. The van der Waals surface area contributed by atoms with Gasteiger partial charge in [0.25, 0.3) is 10.2 Å². The Hall–Kier alpha value is -1.11. The molecule has 1 rings (SSSR count). The molecule has 0 aliphatic heterocycles. The third-order valence-corrected chi connectivity index (χ3v) is 5.37. The van der Waals surface area contributed by atoms with Gasteiger partial charge in [0.05, 0.1) is 0 Å². The van der Waals surface area contributed by atoms with Gasteiger partial charge in [-0.3, -0.25) is 0 Å². The second-order valence-electron chi connectivity index (χ2n) is 4.62. The van der Waals surface area contributed by atoms with Crippen LogP contribution in [0.5, 0.6) is 0 Å². The van der Waals surface area contributed by atoms with Gasteiger partial charge in [0.2, 0.25) is 0 Å². The normalized spacial score (nSPS) is 12.2. The number of anilines is 1. The number of para-hydroxylation sites is 1. The highest BCUT2D eigenvalue weighted by molar-refractivity contribution is 7.86. The van der Waals surface area contributed by atoms with Gasteiger partial charge in [0.15, 0.2) is 0 Å². The van der Waals surface area contributed by atoms with Gasteiger partial charge in [-0.15, -0.1) is 0 Å². The van der Waals surface area contributed by atoms with E-state index >= 15 is 0 Å². The third kappa shape index (κ3) is 3.94. The molecule has 0 amide bonds. The maximum atomic E-state index is 12.6. The molecule has 2 N–H and O–H groups in total. The molecule has 114 valence electrons. The fraction of sp³-hybridized carbons (Fsp3) is 0.571. The van der Waals surface area contributed by atoms with E-state index in [0.717, 1.165) is 12.0 Å². The first-order valence-corrected chi connectivity index (χ1v) is 8.45. The Morgan fingerprint density at radius 3 is 2.15 bits per heavy atom. The predicted molar refractivity (Wildman–Crippen MR) is 83.4 cm³/mol. The minimum atomic E-state index is -3.43. The Bertz CT molecular complexity index is 513. The van der Waals surface area contributed by atoms with Crippen LogP contribution >= 0.6 is 0 Å². The number of rotatable bonds is 8. The summed E-state index contributed by atoms with van der Waals surface area (Å²) in [4.78, 5) is 0. The van der Waals surface area contributed by atoms with Crippen molar-refractivity contribution in [2.24, 2.45) is 0 Å². The van der Waals surface area contributed by atoms with Crippen LogP contribution < -0.4 is 5.73 Å². The zero-order valence-corrected chi connectivity index (χ0v) is 13.4. The van der Waals surface area contributed by atoms with Crippen molar-refractivity contribution in [3.8, 4) is 0 Å². The summed E-state index contributed by atoms with van der Waals surface area (Å²) in [6.45, 7) is 7.43. The van der Waals surface area contributed by atoms with Crippen molar-refractivity contribution in [2.75, 3.05) is 25.4 Å². The number of nitrogen functional groups attached to an aromatic ring is 1. The lowest BCUT2D eigenvalue weighted by atomic mass is 10.2. The first-order chi connectivity index (χ1) is 9.47. The maximum absolute atomic E-state index is 12.6. The molecule has 0 atom stereocenters. The molecule has 0 radical (unpaired) electrons. The van der Waals surface area contributed by atoms with Gasteiger partial charge in [-0.1, -0.05) is 39.0 Å². The second-order valence-corrected chi connectivity index (χ2v) is 6.55. The maximum Gasteiger partial charge on any atom is 0.282 e. The number of hydrogen-bond acceptors (Lipinski definition) is 3. The molecule has 0 unspecified atom stereocenters. The summed E-state index contributed by atoms with van der Waals surface area (Å²) in [7, 11) is -3.43. The first-order valence-electron chi connectivity index (χ1n) is 7.05. The van der Waals surface area contributed by atoms with Gasteiger partial charge in [0.1, 0.15) is 0 Å². The highest BCUT2D eigenvalue weighted by Crippen LogP contribution is 2.18. The van der Waals surface area contributed by atoms with Crippen LogP contribution in [0.3, 0.4) is 0 Å². The molecule has 0 saturated carbocycles. The summed E-state index contributed by atoms with van der Waals surface area (Å²) in [6.07, 6.45) is 0.771. The van der Waals surface area contributed by atoms with Crippen molar-refractivity contribution in [2.45, 2.75) is 33.7 Å². The molecule has 1 aromatic rings. The second kappa shape index (κ2) is 7.61. The Morgan fingerprint density at radius 2 is 1.65 bits per heavy atom. The van der Waals surface area contributed by atoms with E-state index in [4.69, 9.17) is 5.73 Å². The van der Waals surface area contributed by atoms with Gasteiger partial charge in [-0.25, -0.2) is 0 Å². The Balaban J connectivity index is 3.03. The van der Waals surface area contributed by atoms with Crippen LogP contribution in [0.2, 0.25) is 0 Å². The van der Waals surface area contributed by atoms with Gasteiger partial charge in [0, 0.05) is 31.9 Å². The van der Waals surface area contributed by atoms with E-state index in [1.807, 2.05) is 39.0 Å². The quantitative estimate of drug-likeness (QED) is 0.747. The van der Waals surface area contributed by atoms with Gasteiger partial charge >= 0.3 is 0 Å². The lowest BCUT2D eigenvalue weighted by molar-refractivity contribution is 0.344. The van der Waals surface area contributed by atoms with Crippen molar-refractivity contribution in [1.29, 1.82) is 0 Å². The largest absolute Gasteiger partial charge is 0.398 e. The molecule has 6 heteroatoms. The molecule has 0 aromatic heterocycles. The molecular weight excluding hydrogens is 274 g/mol. The van der Waals surface area contributed by atoms with E-state index in [1.165, 1.54) is 8.61 Å². The molecule has 0 aliphatic rings. The molecule has 0 heterocycles. The molecule has 0 aliphatic carbocycles. The molecule has 20 heavy (non-hydrogen) atoms. The third-order valence-electron chi connectivity index (χ3n) is 3.23. The van der Waals surface area contributed by atoms with Crippen molar-refractivity contribution < 1.29 is 8.42 Å². The fourth-order valence-corrected chi connectivity index (χ4v) is 3.80. The standard InChI is InChI=1S/C14H25N3O2S/c1-4-11-17(20(18,19)16(5-2)6-3)12-13-9-7-8-10-14(13)15/h7-10H,4-6,11-12,15H2,1-3H3. The van der Waals surface area contributed by atoms with Crippen LogP contribution in [-0.4, -0.2) is 36.7 Å². The first kappa shape index (κ1) is 16.9. The summed E-state index contributed by atoms with van der Waals surface area (Å²) in [6, 6.07) is 7.39. The minimum absolute atomic E-state index is 0.319. The summed E-state index contributed by atoms with van der Waals surface area (Å²) in [5, 5.41) is 0. The highest BCUT2D eigenvalue weighted by atomic mass is 32.2. The van der Waals surface area contributed by atoms with Crippen molar-refractivity contribution in [1.82, 2.24) is 8.61 Å². The smallest absolute Gasteiger partial charge is 0.282 e. The average molecular weight is 299 g/mol. The van der Waals surface area contributed by atoms with E-state index in [2.05, 4.69) is 0 Å². The van der Waals surface area contributed by atoms with Crippen LogP contribution in [0.15, 0.2) is 24.3 Å². The number of nitrogens with zero attached hydrogens (tertiary/aromatic N) is 2. The number of nitrogens with two attached hydrogens (primary N) is 1. The summed E-state index contributed by atoms with van der Waals surface area (Å²) in [5.74, 6) is 0. The number of hydrogen-bond donors (Lipinski definition) is 1. The molecule has 5 nitrogen and oxygen atoms in total. The van der Waals surface area contributed by atoms with Crippen LogP contribution in [-0.2, 0) is 16.8 Å². The Morgan fingerprint density at radius 1 is 1.05 bits per heavy atom. The van der Waals surface area contributed by atoms with Gasteiger partial charge < -0.3 is 5.73 Å². The molecule has 0 bridgehead atoms. The zero-order valence-electron chi connectivity index (χ0n) is 12.5. The highest BCUT2D eigenvalue weighted by Gasteiger charge is 2.27. The fourth-order valence-electron chi connectivity index (χ4n) is 2.11. The molecular formula is C14H25N3O2S. The van der Waals surface area contributed by atoms with E-state index < -0.39 is 10.2 Å². The topological polar surface area (TPSA) is 66.6 Å². The van der Waals surface area contributed by atoms with Crippen LogP contribution in [0.4, 0.5) is 5.69 Å². The number of benzene rings is 1. The van der Waals surface area contributed by atoms with Gasteiger partial charge in [-0.2, -0.15) is 17.0 Å².